The fourth-order valence-electron chi connectivity index (χ4n) is 3.07. The number of aromatic nitrogens is 2. The first-order chi connectivity index (χ1) is 15.5. The Hall–Kier alpha value is -3.94. The summed E-state index contributed by atoms with van der Waals surface area (Å²) in [6.45, 7) is 3.67. The molecular weight excluding hydrogens is 410 g/mol. The lowest BCUT2D eigenvalue weighted by Crippen LogP contribution is -2.40. The van der Waals surface area contributed by atoms with Gasteiger partial charge < -0.3 is 14.4 Å². The van der Waals surface area contributed by atoms with Gasteiger partial charge in [0.05, 0.1) is 6.54 Å². The Morgan fingerprint density at radius 1 is 0.969 bits per heavy atom. The summed E-state index contributed by atoms with van der Waals surface area (Å²) in [5, 5.41) is 4.04. The summed E-state index contributed by atoms with van der Waals surface area (Å²) >= 11 is 0. The van der Waals surface area contributed by atoms with Gasteiger partial charge in [-0.1, -0.05) is 36.4 Å². The number of nitrogens with zero attached hydrogens (tertiary/aromatic N) is 3. The van der Waals surface area contributed by atoms with Crippen molar-refractivity contribution in [3.05, 3.63) is 88.8 Å². The van der Waals surface area contributed by atoms with Crippen molar-refractivity contribution in [2.75, 3.05) is 18.1 Å². The third kappa shape index (κ3) is 6.04. The third-order valence-electron chi connectivity index (χ3n) is 4.54. The molecule has 0 radical (unpaired) electrons. The van der Waals surface area contributed by atoms with Gasteiger partial charge in [-0.15, -0.1) is 0 Å². The van der Waals surface area contributed by atoms with Gasteiger partial charge in [0.1, 0.15) is 12.4 Å². The first-order valence-corrected chi connectivity index (χ1v) is 10.3. The van der Waals surface area contributed by atoms with Crippen molar-refractivity contribution < 1.29 is 19.1 Å². The van der Waals surface area contributed by atoms with Crippen LogP contribution in [-0.4, -0.2) is 40.9 Å². The molecule has 1 heterocycles. The lowest BCUT2D eigenvalue weighted by atomic mass is 10.2. The second-order valence-corrected chi connectivity index (χ2v) is 7.21. The second kappa shape index (κ2) is 10.9. The zero-order valence-corrected chi connectivity index (χ0v) is 18.0. The van der Waals surface area contributed by atoms with Gasteiger partial charge in [0.15, 0.2) is 12.3 Å². The maximum absolute atomic E-state index is 12.7. The molecule has 0 spiro atoms. The Morgan fingerprint density at radius 3 is 2.28 bits per heavy atom. The van der Waals surface area contributed by atoms with Gasteiger partial charge in [-0.25, -0.2) is 9.48 Å². The lowest BCUT2D eigenvalue weighted by molar-refractivity contribution is -0.122. The molecule has 1 amide bonds. The maximum Gasteiger partial charge on any atom is 0.359 e. The Balaban J connectivity index is 1.60. The minimum Gasteiger partial charge on any atom is -0.492 e. The van der Waals surface area contributed by atoms with Gasteiger partial charge in [-0.05, 0) is 44.2 Å². The number of rotatable bonds is 9. The number of esters is 1. The van der Waals surface area contributed by atoms with Crippen molar-refractivity contribution in [2.24, 2.45) is 0 Å². The molecule has 3 rings (SSSR count). The Bertz CT molecular complexity index is 1100. The normalized spacial score (nSPS) is 10.6. The summed E-state index contributed by atoms with van der Waals surface area (Å²) < 4.78 is 11.9. The van der Waals surface area contributed by atoms with Gasteiger partial charge in [-0.2, -0.15) is 5.10 Å². The summed E-state index contributed by atoms with van der Waals surface area (Å²) in [7, 11) is 0. The molecule has 3 aromatic rings. The number of para-hydroxylation sites is 2. The molecule has 0 aliphatic heterocycles. The van der Waals surface area contributed by atoms with E-state index in [-0.39, 0.29) is 36.4 Å². The summed E-state index contributed by atoms with van der Waals surface area (Å²) in [6.07, 6.45) is 0. The summed E-state index contributed by atoms with van der Waals surface area (Å²) in [4.78, 5) is 38.7. The van der Waals surface area contributed by atoms with Crippen LogP contribution in [0.5, 0.6) is 5.75 Å². The lowest BCUT2D eigenvalue weighted by Gasteiger charge is -2.26. The highest BCUT2D eigenvalue weighted by molar-refractivity contribution is 5.97. The average Bonchev–Trinajstić information content (AvgIpc) is 2.80. The zero-order valence-electron chi connectivity index (χ0n) is 18.0. The van der Waals surface area contributed by atoms with E-state index in [4.69, 9.17) is 9.47 Å². The number of anilines is 1. The molecule has 0 bridgehead atoms. The van der Waals surface area contributed by atoms with E-state index in [0.29, 0.717) is 11.4 Å². The molecule has 8 nitrogen and oxygen atoms in total. The largest absolute Gasteiger partial charge is 0.492 e. The Morgan fingerprint density at radius 2 is 1.62 bits per heavy atom. The molecule has 8 heteroatoms. The molecule has 166 valence electrons. The molecule has 0 N–H and O–H groups in total. The van der Waals surface area contributed by atoms with Crippen LogP contribution < -0.4 is 15.2 Å². The van der Waals surface area contributed by atoms with E-state index >= 15 is 0 Å². The minimum absolute atomic E-state index is 0.0621. The van der Waals surface area contributed by atoms with E-state index in [9.17, 15) is 14.4 Å². The van der Waals surface area contributed by atoms with Gasteiger partial charge in [0.2, 0.25) is 0 Å². The molecule has 0 aliphatic carbocycles. The van der Waals surface area contributed by atoms with Crippen LogP contribution in [0.1, 0.15) is 24.3 Å². The fraction of sp³-hybridized carbons (Fsp3) is 0.250. The van der Waals surface area contributed by atoms with Crippen LogP contribution in [0, 0.1) is 0 Å². The Kier molecular flexibility index (Phi) is 7.75. The number of ether oxygens (including phenoxy) is 2. The van der Waals surface area contributed by atoms with Crippen LogP contribution >= 0.6 is 0 Å². The molecule has 0 aliphatic rings. The number of hydrogen-bond acceptors (Lipinski definition) is 6. The second-order valence-electron chi connectivity index (χ2n) is 7.21. The summed E-state index contributed by atoms with van der Waals surface area (Å²) in [5.74, 6) is -0.472. The Labute approximate surface area is 186 Å². The number of amides is 1. The monoisotopic (exact) mass is 435 g/mol. The molecule has 0 fully saturated rings. The van der Waals surface area contributed by atoms with Crippen molar-refractivity contribution in [1.29, 1.82) is 0 Å². The number of carbonyl (C=O) groups excluding carboxylic acids is 2. The number of carbonyl (C=O) groups is 2. The molecule has 2 aromatic carbocycles. The third-order valence-corrected chi connectivity index (χ3v) is 4.54. The van der Waals surface area contributed by atoms with Crippen LogP contribution in [0.3, 0.4) is 0 Å². The van der Waals surface area contributed by atoms with Crippen molar-refractivity contribution in [1.82, 2.24) is 9.78 Å². The van der Waals surface area contributed by atoms with E-state index in [1.54, 1.807) is 17.0 Å². The van der Waals surface area contributed by atoms with Crippen LogP contribution in [0.15, 0.2) is 77.6 Å². The van der Waals surface area contributed by atoms with E-state index in [1.807, 2.05) is 62.4 Å². The molecule has 0 unspecified atom stereocenters. The summed E-state index contributed by atoms with van der Waals surface area (Å²) in [5.41, 5.74) is 0.283. The van der Waals surface area contributed by atoms with Crippen LogP contribution in [0.2, 0.25) is 0 Å². The predicted molar refractivity (Wildman–Crippen MR) is 120 cm³/mol. The van der Waals surface area contributed by atoms with E-state index in [1.165, 1.54) is 12.1 Å². The molecular formula is C24H25N3O5. The molecule has 0 saturated carbocycles. The topological polar surface area (TPSA) is 90.7 Å². The molecule has 0 atom stereocenters. The van der Waals surface area contributed by atoms with Gasteiger partial charge in [0, 0.05) is 17.8 Å². The van der Waals surface area contributed by atoms with Crippen molar-refractivity contribution in [3.8, 4) is 5.75 Å². The minimum atomic E-state index is -0.784. The van der Waals surface area contributed by atoms with Crippen LogP contribution in [0.25, 0.3) is 0 Å². The zero-order chi connectivity index (χ0) is 22.9. The number of hydrogen-bond donors (Lipinski definition) is 0. The molecule has 0 saturated heterocycles. The van der Waals surface area contributed by atoms with Gasteiger partial charge in [0.25, 0.3) is 11.5 Å². The van der Waals surface area contributed by atoms with E-state index in [2.05, 4.69) is 5.10 Å². The predicted octanol–water partition coefficient (Wildman–Crippen LogP) is 2.92. The highest BCUT2D eigenvalue weighted by Gasteiger charge is 2.21. The quantitative estimate of drug-likeness (QED) is 0.480. The SMILES string of the molecule is CC(C)N(C(=O)COC(=O)c1ccc(=O)n(CCOc2ccccc2)n1)c1ccccc1. The molecule has 1 aromatic heterocycles. The van der Waals surface area contributed by atoms with E-state index < -0.39 is 12.6 Å². The molecule has 32 heavy (non-hydrogen) atoms. The van der Waals surface area contributed by atoms with Crippen LogP contribution in [0.4, 0.5) is 5.69 Å². The smallest absolute Gasteiger partial charge is 0.359 e. The summed E-state index contributed by atoms with van der Waals surface area (Å²) in [6, 6.07) is 20.7. The number of benzene rings is 2. The highest BCUT2D eigenvalue weighted by atomic mass is 16.5. The van der Waals surface area contributed by atoms with Crippen molar-refractivity contribution in [2.45, 2.75) is 26.4 Å². The fourth-order valence-corrected chi connectivity index (χ4v) is 3.07. The highest BCUT2D eigenvalue weighted by Crippen LogP contribution is 2.17. The van der Waals surface area contributed by atoms with Crippen molar-refractivity contribution in [3.63, 3.8) is 0 Å². The van der Waals surface area contributed by atoms with Gasteiger partial charge in [-0.3, -0.25) is 9.59 Å². The van der Waals surface area contributed by atoms with Crippen molar-refractivity contribution >= 4 is 17.6 Å². The van der Waals surface area contributed by atoms with E-state index in [0.717, 1.165) is 4.68 Å². The maximum atomic E-state index is 12.7. The van der Waals surface area contributed by atoms with Crippen LogP contribution in [-0.2, 0) is 16.1 Å². The first-order valence-electron chi connectivity index (χ1n) is 10.3. The first kappa shape index (κ1) is 22.7. The van der Waals surface area contributed by atoms with Gasteiger partial charge >= 0.3 is 5.97 Å². The standard InChI is InChI=1S/C24H25N3O5/c1-18(2)27(19-9-5-3-6-10-19)23(29)17-32-24(30)21-13-14-22(28)26(25-21)15-16-31-20-11-7-4-8-12-20/h3-14,18H,15-17H2,1-2H3. The average molecular weight is 435 g/mol.